The van der Waals surface area contributed by atoms with Crippen molar-refractivity contribution >= 4 is 5.69 Å². The van der Waals surface area contributed by atoms with Crippen LogP contribution in [0.25, 0.3) is 5.73 Å². The Balaban J connectivity index is 0.000000810. The molecule has 0 unspecified atom stereocenters. The van der Waals surface area contributed by atoms with Crippen LogP contribution in [0.3, 0.4) is 0 Å². The van der Waals surface area contributed by atoms with Gasteiger partial charge >= 0.3 is 18.9 Å². The zero-order valence-corrected chi connectivity index (χ0v) is 6.09. The van der Waals surface area contributed by atoms with E-state index in [2.05, 4.69) is 0 Å². The Hall–Kier alpha value is -0.423. The first-order valence-corrected chi connectivity index (χ1v) is 2.84. The monoisotopic (exact) mass is 128 g/mol. The fraction of sp³-hybridized carbons (Fsp3) is 0.143. The van der Waals surface area contributed by atoms with Crippen LogP contribution in [0.1, 0.15) is 5.56 Å². The average Bonchev–Trinajstić information content (AvgIpc) is 1.89. The van der Waals surface area contributed by atoms with Crippen molar-refractivity contribution in [3.05, 3.63) is 35.6 Å². The van der Waals surface area contributed by atoms with Crippen LogP contribution in [-0.4, -0.2) is 0 Å². The van der Waals surface area contributed by atoms with E-state index < -0.39 is 0 Å². The number of rotatable bonds is 1. The van der Waals surface area contributed by atoms with Gasteiger partial charge in [-0.3, -0.25) is 0 Å². The SMILES string of the molecule is [Li+].[NH-]c1ccccc1CN. The number of hydrogen-bond donors (Lipinski definition) is 1. The fourth-order valence-electron chi connectivity index (χ4n) is 0.698. The first-order valence-electron chi connectivity index (χ1n) is 2.84. The van der Waals surface area contributed by atoms with Gasteiger partial charge in [-0.2, -0.15) is 0 Å². The first-order chi connectivity index (χ1) is 4.34. The molecule has 3 heteroatoms. The summed E-state index contributed by atoms with van der Waals surface area (Å²) in [7, 11) is 0. The smallest absolute Gasteiger partial charge is 0.698 e. The van der Waals surface area contributed by atoms with Gasteiger partial charge in [0, 0.05) is 6.54 Å². The summed E-state index contributed by atoms with van der Waals surface area (Å²) in [5, 5.41) is 0. The van der Waals surface area contributed by atoms with Gasteiger partial charge < -0.3 is 11.5 Å². The summed E-state index contributed by atoms with van der Waals surface area (Å²) in [4.78, 5) is 0. The first kappa shape index (κ1) is 9.58. The van der Waals surface area contributed by atoms with E-state index in [9.17, 15) is 0 Å². The van der Waals surface area contributed by atoms with Gasteiger partial charge in [0.1, 0.15) is 0 Å². The summed E-state index contributed by atoms with van der Waals surface area (Å²) in [6, 6.07) is 7.33. The largest absolute Gasteiger partial charge is 1.00 e. The Bertz CT molecular complexity index is 201. The van der Waals surface area contributed by atoms with Gasteiger partial charge in [0.25, 0.3) is 0 Å². The standard InChI is InChI=1S/C7H9N2.Li/c8-5-6-3-1-2-4-7(6)9;/h1-4,9H,5,8H2;/q-1;+1. The van der Waals surface area contributed by atoms with E-state index in [0.717, 1.165) is 5.56 Å². The fourth-order valence-corrected chi connectivity index (χ4v) is 0.698. The van der Waals surface area contributed by atoms with Crippen LogP contribution < -0.4 is 24.6 Å². The van der Waals surface area contributed by atoms with Gasteiger partial charge in [-0.15, -0.1) is 5.69 Å². The molecule has 1 rings (SSSR count). The van der Waals surface area contributed by atoms with Crippen molar-refractivity contribution in [3.63, 3.8) is 0 Å². The minimum Gasteiger partial charge on any atom is -0.698 e. The number of benzene rings is 1. The number of nitrogens with one attached hydrogen (secondary N) is 1. The second-order valence-corrected chi connectivity index (χ2v) is 1.86. The van der Waals surface area contributed by atoms with Crippen molar-refractivity contribution in [2.24, 2.45) is 5.73 Å². The third kappa shape index (κ3) is 2.07. The van der Waals surface area contributed by atoms with Crippen molar-refractivity contribution in [2.45, 2.75) is 6.54 Å². The molecule has 0 aliphatic rings. The molecule has 3 N–H and O–H groups in total. The van der Waals surface area contributed by atoms with E-state index in [1.54, 1.807) is 6.07 Å². The minimum absolute atomic E-state index is 0. The van der Waals surface area contributed by atoms with E-state index in [4.69, 9.17) is 11.5 Å². The van der Waals surface area contributed by atoms with Crippen molar-refractivity contribution in [2.75, 3.05) is 0 Å². The molecule has 1 aromatic carbocycles. The molecule has 0 atom stereocenters. The van der Waals surface area contributed by atoms with Crippen LogP contribution in [0.2, 0.25) is 0 Å². The van der Waals surface area contributed by atoms with E-state index in [1.165, 1.54) is 0 Å². The molecule has 48 valence electrons. The van der Waals surface area contributed by atoms with E-state index >= 15 is 0 Å². The van der Waals surface area contributed by atoms with Gasteiger partial charge in [0.2, 0.25) is 0 Å². The van der Waals surface area contributed by atoms with Crippen molar-refractivity contribution < 1.29 is 18.9 Å². The van der Waals surface area contributed by atoms with Crippen molar-refractivity contribution in [1.29, 1.82) is 0 Å². The Labute approximate surface area is 72.8 Å². The molecule has 0 radical (unpaired) electrons. The summed E-state index contributed by atoms with van der Waals surface area (Å²) in [5.41, 5.74) is 14.0. The van der Waals surface area contributed by atoms with E-state index in [0.29, 0.717) is 12.2 Å². The van der Waals surface area contributed by atoms with Crippen molar-refractivity contribution in [1.82, 2.24) is 0 Å². The predicted octanol–water partition coefficient (Wildman–Crippen LogP) is -1.17. The topological polar surface area (TPSA) is 49.8 Å². The van der Waals surface area contributed by atoms with Crippen LogP contribution in [-0.2, 0) is 6.54 Å². The Morgan fingerprint density at radius 2 is 1.90 bits per heavy atom. The Kier molecular flexibility index (Phi) is 4.22. The molecule has 0 aromatic heterocycles. The number of hydrogen-bond acceptors (Lipinski definition) is 1. The molecule has 0 fully saturated rings. The maximum Gasteiger partial charge on any atom is 1.00 e. The summed E-state index contributed by atoms with van der Waals surface area (Å²) >= 11 is 0. The van der Waals surface area contributed by atoms with Crippen LogP contribution in [0.4, 0.5) is 5.69 Å². The second kappa shape index (κ2) is 4.40. The molecule has 0 spiro atoms. The summed E-state index contributed by atoms with van der Waals surface area (Å²) < 4.78 is 0. The molecular weight excluding hydrogens is 119 g/mol. The van der Waals surface area contributed by atoms with Gasteiger partial charge in [-0.05, 0) is 5.56 Å². The summed E-state index contributed by atoms with van der Waals surface area (Å²) in [5.74, 6) is 0. The summed E-state index contributed by atoms with van der Waals surface area (Å²) in [6.07, 6.45) is 0. The Morgan fingerprint density at radius 1 is 1.30 bits per heavy atom. The molecule has 1 aromatic rings. The minimum atomic E-state index is 0. The maximum absolute atomic E-state index is 7.29. The molecule has 0 aliphatic carbocycles. The van der Waals surface area contributed by atoms with E-state index in [-0.39, 0.29) is 18.9 Å². The van der Waals surface area contributed by atoms with Gasteiger partial charge in [-0.25, -0.2) is 0 Å². The quantitative estimate of drug-likeness (QED) is 0.476. The van der Waals surface area contributed by atoms with Gasteiger partial charge in [0.15, 0.2) is 0 Å². The normalized spacial score (nSPS) is 8.50. The molecule has 2 nitrogen and oxygen atoms in total. The van der Waals surface area contributed by atoms with Crippen LogP contribution in [0.5, 0.6) is 0 Å². The molecular formula is C7H9LiN2. The molecule has 0 heterocycles. The zero-order chi connectivity index (χ0) is 6.69. The summed E-state index contributed by atoms with van der Waals surface area (Å²) in [6.45, 7) is 0.458. The van der Waals surface area contributed by atoms with Gasteiger partial charge in [-0.1, -0.05) is 24.3 Å². The van der Waals surface area contributed by atoms with E-state index in [1.807, 2.05) is 18.2 Å². The molecule has 0 bridgehead atoms. The van der Waals surface area contributed by atoms with Crippen molar-refractivity contribution in [3.8, 4) is 0 Å². The Morgan fingerprint density at radius 3 is 2.30 bits per heavy atom. The van der Waals surface area contributed by atoms with Gasteiger partial charge in [0.05, 0.1) is 0 Å². The maximum atomic E-state index is 7.29. The predicted molar refractivity (Wildman–Crippen MR) is 38.3 cm³/mol. The molecule has 0 saturated carbocycles. The third-order valence-corrected chi connectivity index (χ3v) is 1.24. The molecule has 10 heavy (non-hydrogen) atoms. The number of nitrogens with two attached hydrogens (primary N) is 1. The van der Waals surface area contributed by atoms with Crippen LogP contribution in [0.15, 0.2) is 24.3 Å². The zero-order valence-electron chi connectivity index (χ0n) is 6.09. The van der Waals surface area contributed by atoms with Crippen LogP contribution >= 0.6 is 0 Å². The average molecular weight is 128 g/mol. The second-order valence-electron chi connectivity index (χ2n) is 1.86. The third-order valence-electron chi connectivity index (χ3n) is 1.24. The molecule has 0 saturated heterocycles. The molecule has 0 amide bonds. The molecule has 0 aliphatic heterocycles. The van der Waals surface area contributed by atoms with Crippen LogP contribution in [0, 0.1) is 0 Å².